The molecule has 2 rings (SSSR count). The fraction of sp³-hybridized carbons (Fsp3) is 0.429. The number of nitrogens with zero attached hydrogens (tertiary/aromatic N) is 3. The third kappa shape index (κ3) is 3.35. The molecule has 1 aromatic heterocycles. The van der Waals surface area contributed by atoms with Crippen molar-refractivity contribution in [2.75, 3.05) is 0 Å². The largest absolute Gasteiger partial charge is 0.388 e. The summed E-state index contributed by atoms with van der Waals surface area (Å²) in [5.41, 5.74) is 0.177. The van der Waals surface area contributed by atoms with E-state index >= 15 is 0 Å². The molecule has 1 aromatic carbocycles. The molecule has 0 aliphatic heterocycles. The minimum Gasteiger partial charge on any atom is -0.388 e. The van der Waals surface area contributed by atoms with Crippen molar-refractivity contribution >= 4 is 11.6 Å². The van der Waals surface area contributed by atoms with Crippen molar-refractivity contribution in [1.29, 1.82) is 0 Å². The van der Waals surface area contributed by atoms with Gasteiger partial charge in [0.15, 0.2) is 0 Å². The minimum absolute atomic E-state index is 0.00481. The van der Waals surface area contributed by atoms with Gasteiger partial charge in [0, 0.05) is 18.5 Å². The Labute approximate surface area is 122 Å². The highest BCUT2D eigenvalue weighted by Crippen LogP contribution is 2.25. The van der Waals surface area contributed by atoms with Gasteiger partial charge in [-0.25, -0.2) is 14.1 Å². The van der Waals surface area contributed by atoms with Crippen LogP contribution < -0.4 is 0 Å². The van der Waals surface area contributed by atoms with E-state index in [9.17, 15) is 9.50 Å². The van der Waals surface area contributed by atoms with E-state index in [0.717, 1.165) is 0 Å². The molecule has 1 N–H and O–H groups in total. The van der Waals surface area contributed by atoms with Crippen molar-refractivity contribution in [3.63, 3.8) is 0 Å². The molecule has 0 spiro atoms. The summed E-state index contributed by atoms with van der Waals surface area (Å²) in [5.74, 6) is 0.456. The van der Waals surface area contributed by atoms with Gasteiger partial charge >= 0.3 is 0 Å². The first kappa shape index (κ1) is 14.9. The highest BCUT2D eigenvalue weighted by atomic mass is 35.5. The maximum atomic E-state index is 13.9. The summed E-state index contributed by atoms with van der Waals surface area (Å²) in [6.45, 7) is 4.84. The fourth-order valence-corrected chi connectivity index (χ4v) is 2.19. The van der Waals surface area contributed by atoms with E-state index in [-0.39, 0.29) is 17.0 Å². The summed E-state index contributed by atoms with van der Waals surface area (Å²) in [4.78, 5) is 4.12. The molecule has 0 saturated heterocycles. The third-order valence-electron chi connectivity index (χ3n) is 2.95. The number of hydrogen-bond acceptors (Lipinski definition) is 3. The van der Waals surface area contributed by atoms with Crippen molar-refractivity contribution in [3.05, 3.63) is 46.8 Å². The van der Waals surface area contributed by atoms with Crippen LogP contribution in [0.25, 0.3) is 0 Å². The Kier molecular flexibility index (Phi) is 4.73. The van der Waals surface area contributed by atoms with Crippen LogP contribution in [0.1, 0.15) is 31.3 Å². The molecule has 1 atom stereocenters. The highest BCUT2D eigenvalue weighted by Gasteiger charge is 2.18. The molecular formula is C14H17ClFN3O. The van der Waals surface area contributed by atoms with Gasteiger partial charge in [-0.2, -0.15) is 5.10 Å². The van der Waals surface area contributed by atoms with E-state index in [2.05, 4.69) is 23.9 Å². The maximum absolute atomic E-state index is 13.9. The second kappa shape index (κ2) is 6.33. The second-order valence-corrected chi connectivity index (χ2v) is 5.52. The molecule has 4 nitrogen and oxygen atoms in total. The summed E-state index contributed by atoms with van der Waals surface area (Å²) < 4.78 is 15.6. The molecule has 0 aliphatic carbocycles. The molecule has 6 heteroatoms. The summed E-state index contributed by atoms with van der Waals surface area (Å²) in [6, 6.07) is 4.59. The van der Waals surface area contributed by atoms with Crippen LogP contribution in [0.15, 0.2) is 24.5 Å². The zero-order valence-corrected chi connectivity index (χ0v) is 12.2. The van der Waals surface area contributed by atoms with Gasteiger partial charge in [-0.05, 0) is 12.0 Å². The predicted molar refractivity (Wildman–Crippen MR) is 74.9 cm³/mol. The van der Waals surface area contributed by atoms with Crippen molar-refractivity contribution in [2.45, 2.75) is 32.9 Å². The fourth-order valence-electron chi connectivity index (χ4n) is 2.01. The van der Waals surface area contributed by atoms with Gasteiger partial charge < -0.3 is 5.11 Å². The van der Waals surface area contributed by atoms with Gasteiger partial charge in [0.05, 0.1) is 11.1 Å². The van der Waals surface area contributed by atoms with Gasteiger partial charge in [0.2, 0.25) is 0 Å². The van der Waals surface area contributed by atoms with Crippen LogP contribution in [0.4, 0.5) is 4.39 Å². The predicted octanol–water partition coefficient (Wildman–Crippen LogP) is 3.00. The smallest absolute Gasteiger partial charge is 0.147 e. The molecule has 1 heterocycles. The summed E-state index contributed by atoms with van der Waals surface area (Å²) in [7, 11) is 0. The molecule has 1 unspecified atom stereocenters. The summed E-state index contributed by atoms with van der Waals surface area (Å²) in [5, 5.41) is 14.3. The maximum Gasteiger partial charge on any atom is 0.147 e. The van der Waals surface area contributed by atoms with Crippen LogP contribution in [-0.4, -0.2) is 19.9 Å². The van der Waals surface area contributed by atoms with E-state index in [1.54, 1.807) is 10.7 Å². The van der Waals surface area contributed by atoms with Crippen molar-refractivity contribution in [2.24, 2.45) is 5.92 Å². The quantitative estimate of drug-likeness (QED) is 0.923. The van der Waals surface area contributed by atoms with Crippen molar-refractivity contribution in [3.8, 4) is 0 Å². The zero-order chi connectivity index (χ0) is 14.7. The van der Waals surface area contributed by atoms with Crippen LogP contribution in [0, 0.1) is 11.7 Å². The topological polar surface area (TPSA) is 50.9 Å². The molecule has 108 valence electrons. The van der Waals surface area contributed by atoms with E-state index in [1.807, 2.05) is 0 Å². The molecule has 0 bridgehead atoms. The van der Waals surface area contributed by atoms with E-state index in [4.69, 9.17) is 11.6 Å². The molecule has 0 aliphatic rings. The van der Waals surface area contributed by atoms with Gasteiger partial charge in [0.25, 0.3) is 0 Å². The number of rotatable bonds is 5. The number of aliphatic hydroxyl groups is 1. The lowest BCUT2D eigenvalue weighted by molar-refractivity contribution is 0.169. The van der Waals surface area contributed by atoms with Gasteiger partial charge in [-0.1, -0.05) is 37.6 Å². The van der Waals surface area contributed by atoms with Gasteiger partial charge in [0.1, 0.15) is 18.0 Å². The second-order valence-electron chi connectivity index (χ2n) is 5.12. The molecule has 0 saturated carbocycles. The molecule has 20 heavy (non-hydrogen) atoms. The average Bonchev–Trinajstić information content (AvgIpc) is 2.79. The van der Waals surface area contributed by atoms with Crippen LogP contribution >= 0.6 is 11.6 Å². The Morgan fingerprint density at radius 1 is 1.40 bits per heavy atom. The number of aromatic nitrogens is 3. The zero-order valence-electron chi connectivity index (χ0n) is 11.4. The Morgan fingerprint density at radius 3 is 2.85 bits per heavy atom. The Morgan fingerprint density at radius 2 is 2.15 bits per heavy atom. The monoisotopic (exact) mass is 297 g/mol. The lowest BCUT2D eigenvalue weighted by Crippen LogP contribution is -2.14. The Hall–Kier alpha value is -1.46. The molecular weight excluding hydrogens is 281 g/mol. The SMILES string of the molecule is CC(C)Cn1ncnc1CC(O)c1cccc(Cl)c1F. The van der Waals surface area contributed by atoms with Gasteiger partial charge in [-0.3, -0.25) is 0 Å². The Bertz CT molecular complexity index is 586. The van der Waals surface area contributed by atoms with Crippen molar-refractivity contribution in [1.82, 2.24) is 14.8 Å². The summed E-state index contributed by atoms with van der Waals surface area (Å²) >= 11 is 5.72. The van der Waals surface area contributed by atoms with Crippen molar-refractivity contribution < 1.29 is 9.50 Å². The highest BCUT2D eigenvalue weighted by molar-refractivity contribution is 6.30. The number of aliphatic hydroxyl groups excluding tert-OH is 1. The van der Waals surface area contributed by atoms with E-state index in [0.29, 0.717) is 18.3 Å². The minimum atomic E-state index is -0.996. The molecule has 2 aromatic rings. The normalized spacial score (nSPS) is 12.9. The lowest BCUT2D eigenvalue weighted by atomic mass is 10.1. The van der Waals surface area contributed by atoms with E-state index in [1.165, 1.54) is 18.5 Å². The standard InChI is InChI=1S/C14H17ClFN3O/c1-9(2)7-19-13(17-8-18-19)6-12(20)10-4-3-5-11(15)14(10)16/h3-5,8-9,12,20H,6-7H2,1-2H3. The Balaban J connectivity index is 2.17. The lowest BCUT2D eigenvalue weighted by Gasteiger charge is -2.14. The summed E-state index contributed by atoms with van der Waals surface area (Å²) in [6.07, 6.45) is 0.645. The average molecular weight is 298 g/mol. The number of halogens is 2. The third-order valence-corrected chi connectivity index (χ3v) is 3.24. The first-order valence-corrected chi connectivity index (χ1v) is 6.85. The van der Waals surface area contributed by atoms with E-state index < -0.39 is 11.9 Å². The van der Waals surface area contributed by atoms with Crippen LogP contribution in [0.2, 0.25) is 5.02 Å². The van der Waals surface area contributed by atoms with Gasteiger partial charge in [-0.15, -0.1) is 0 Å². The molecule has 0 fully saturated rings. The number of hydrogen-bond donors (Lipinski definition) is 1. The first-order valence-electron chi connectivity index (χ1n) is 6.47. The molecule has 0 amide bonds. The van der Waals surface area contributed by atoms with Crippen LogP contribution in [0.5, 0.6) is 0 Å². The van der Waals surface area contributed by atoms with Crippen LogP contribution in [-0.2, 0) is 13.0 Å². The first-order chi connectivity index (χ1) is 9.49. The number of benzene rings is 1. The molecule has 0 radical (unpaired) electrons. The van der Waals surface area contributed by atoms with Crippen LogP contribution in [0.3, 0.4) is 0 Å².